The number of halogens is 3. The second-order valence-corrected chi connectivity index (χ2v) is 10.5. The highest BCUT2D eigenvalue weighted by Gasteiger charge is 2.38. The van der Waals surface area contributed by atoms with E-state index in [1.54, 1.807) is 30.1 Å². The highest BCUT2D eigenvalue weighted by Crippen LogP contribution is 2.45. The predicted octanol–water partition coefficient (Wildman–Crippen LogP) is 6.90. The lowest BCUT2D eigenvalue weighted by atomic mass is 9.91. The number of methoxy groups -OCH3 is 1. The first-order valence-electron chi connectivity index (χ1n) is 12.7. The number of fused-ring (bicyclic) bond motifs is 1. The van der Waals surface area contributed by atoms with E-state index in [1.165, 1.54) is 25.3 Å². The van der Waals surface area contributed by atoms with Gasteiger partial charge in [0.15, 0.2) is 0 Å². The predicted molar refractivity (Wildman–Crippen MR) is 158 cm³/mol. The van der Waals surface area contributed by atoms with Crippen LogP contribution >= 0.6 is 12.6 Å². The molecule has 0 saturated carbocycles. The van der Waals surface area contributed by atoms with Crippen LogP contribution in [0.25, 0.3) is 11.1 Å². The molecular formula is C29H32F3N3O6S. The molecule has 3 aromatic rings. The number of hydrogen-bond acceptors (Lipinski definition) is 8. The number of aryl methyl sites for hydroxylation is 1. The number of alkyl halides is 3. The van der Waals surface area contributed by atoms with Crippen molar-refractivity contribution < 1.29 is 37.5 Å². The average Bonchev–Trinajstić information content (AvgIpc) is 2.90. The van der Waals surface area contributed by atoms with Crippen molar-refractivity contribution in [3.05, 3.63) is 69.8 Å². The Labute approximate surface area is 246 Å². The molecule has 1 aliphatic rings. The summed E-state index contributed by atoms with van der Waals surface area (Å²) in [4.78, 5) is 25.5. The molecule has 1 aliphatic heterocycles. The van der Waals surface area contributed by atoms with Gasteiger partial charge in [-0.05, 0) is 61.9 Å². The zero-order chi connectivity index (χ0) is 31.4. The molecule has 0 unspecified atom stereocenters. The van der Waals surface area contributed by atoms with Gasteiger partial charge < -0.3 is 24.8 Å². The minimum atomic E-state index is -4.03. The molecule has 0 spiro atoms. The van der Waals surface area contributed by atoms with Gasteiger partial charge in [-0.1, -0.05) is 6.07 Å². The van der Waals surface area contributed by atoms with Crippen LogP contribution in [-0.4, -0.2) is 47.6 Å². The number of ether oxygens (including phenoxy) is 2. The van der Waals surface area contributed by atoms with Gasteiger partial charge in [0, 0.05) is 30.3 Å². The molecule has 226 valence electrons. The fourth-order valence-electron chi connectivity index (χ4n) is 4.47. The van der Waals surface area contributed by atoms with E-state index in [-0.39, 0.29) is 29.7 Å². The number of carbonyl (C=O) groups excluding carboxylic acids is 1. The third kappa shape index (κ3) is 7.38. The number of nitrogens with one attached hydrogen (secondary N) is 1. The number of benzene rings is 3. The number of rotatable bonds is 7. The van der Waals surface area contributed by atoms with Crippen molar-refractivity contribution in [1.82, 2.24) is 0 Å². The number of anilines is 2. The van der Waals surface area contributed by atoms with Gasteiger partial charge in [0.05, 0.1) is 35.9 Å². The Kier molecular flexibility index (Phi) is 9.87. The number of non-ortho nitro benzene ring substituents is 1. The summed E-state index contributed by atoms with van der Waals surface area (Å²) in [5.74, 6) is 0.648. The lowest BCUT2D eigenvalue weighted by Gasteiger charge is -2.39. The van der Waals surface area contributed by atoms with Crippen molar-refractivity contribution in [2.75, 3.05) is 30.1 Å². The van der Waals surface area contributed by atoms with Gasteiger partial charge in [-0.25, -0.2) is 0 Å². The molecule has 0 saturated heterocycles. The molecule has 0 radical (unpaired) electrons. The summed E-state index contributed by atoms with van der Waals surface area (Å²) in [5, 5.41) is 24.5. The van der Waals surface area contributed by atoms with Crippen LogP contribution < -0.4 is 19.7 Å². The number of phenolic OH excluding ortho intramolecular Hbond substituents is 1. The molecule has 0 aliphatic carbocycles. The van der Waals surface area contributed by atoms with Gasteiger partial charge in [0.1, 0.15) is 29.4 Å². The zero-order valence-electron chi connectivity index (χ0n) is 23.7. The third-order valence-corrected chi connectivity index (χ3v) is 6.75. The van der Waals surface area contributed by atoms with Crippen molar-refractivity contribution in [3.63, 3.8) is 0 Å². The molecule has 3 aromatic carbocycles. The van der Waals surface area contributed by atoms with E-state index in [2.05, 4.69) is 17.9 Å². The zero-order valence-corrected chi connectivity index (χ0v) is 24.6. The number of likely N-dealkylation sites (N-methyl/N-ethyl adjacent to an activating group) is 1. The molecule has 0 fully saturated rings. The first-order valence-corrected chi connectivity index (χ1v) is 13.4. The summed E-state index contributed by atoms with van der Waals surface area (Å²) < 4.78 is 44.6. The molecular weight excluding hydrogens is 575 g/mol. The first kappa shape index (κ1) is 32.4. The first-order chi connectivity index (χ1) is 19.6. The summed E-state index contributed by atoms with van der Waals surface area (Å²) in [7, 11) is 3.22. The lowest BCUT2D eigenvalue weighted by Crippen LogP contribution is -2.52. The normalized spacial score (nSPS) is 13.8. The van der Waals surface area contributed by atoms with E-state index in [4.69, 9.17) is 9.47 Å². The number of amides is 1. The van der Waals surface area contributed by atoms with Crippen LogP contribution in [0.15, 0.2) is 48.5 Å². The van der Waals surface area contributed by atoms with Crippen LogP contribution in [0.4, 0.5) is 30.2 Å². The van der Waals surface area contributed by atoms with Gasteiger partial charge >= 0.3 is 6.18 Å². The standard InChI is InChI=1S/C26H27N3O6.C3H5F3S/c1-15-6-7-16(29(32)33)12-22(15)35-14-20-18(19-9-8-17(30)13-23(19)34-5)10-11-21-24(20)28(4)25(31)26(2,3)27-21;4-3(5,6)1-2-7/h6-13,27,30H,14H2,1-5H3;7H,1-2H2. The Hall–Kier alpha value is -4.13. The molecule has 2 N–H and O–H groups in total. The number of phenols is 1. The van der Waals surface area contributed by atoms with Crippen LogP contribution in [0.3, 0.4) is 0 Å². The lowest BCUT2D eigenvalue weighted by molar-refractivity contribution is -0.385. The van der Waals surface area contributed by atoms with Crippen LogP contribution in [0.1, 0.15) is 31.4 Å². The monoisotopic (exact) mass is 607 g/mol. The third-order valence-electron chi connectivity index (χ3n) is 6.53. The Morgan fingerprint density at radius 2 is 1.76 bits per heavy atom. The maximum atomic E-state index is 13.1. The topological polar surface area (TPSA) is 114 Å². The second kappa shape index (κ2) is 12.8. The fraction of sp³-hybridized carbons (Fsp3) is 0.345. The van der Waals surface area contributed by atoms with E-state index in [0.717, 1.165) is 16.8 Å². The largest absolute Gasteiger partial charge is 0.508 e. The Balaban J connectivity index is 0.000000616. The van der Waals surface area contributed by atoms with Crippen LogP contribution in [-0.2, 0) is 11.4 Å². The van der Waals surface area contributed by atoms with Crippen molar-refractivity contribution in [2.45, 2.75) is 45.5 Å². The molecule has 0 aromatic heterocycles. The van der Waals surface area contributed by atoms with E-state index in [9.17, 15) is 33.2 Å². The number of thiol groups is 1. The summed E-state index contributed by atoms with van der Waals surface area (Å²) in [6.07, 6.45) is -4.82. The van der Waals surface area contributed by atoms with Gasteiger partial charge in [-0.15, -0.1) is 0 Å². The summed E-state index contributed by atoms with van der Waals surface area (Å²) in [6.45, 7) is 5.47. The molecule has 13 heteroatoms. The van der Waals surface area contributed by atoms with Gasteiger partial charge in [0.2, 0.25) is 0 Å². The maximum Gasteiger partial charge on any atom is 0.389 e. The molecule has 0 atom stereocenters. The minimum Gasteiger partial charge on any atom is -0.508 e. The summed E-state index contributed by atoms with van der Waals surface area (Å²) >= 11 is 3.39. The quantitative estimate of drug-likeness (QED) is 0.152. The molecule has 4 rings (SSSR count). The smallest absolute Gasteiger partial charge is 0.389 e. The number of nitrogens with zero attached hydrogens (tertiary/aromatic N) is 2. The van der Waals surface area contributed by atoms with E-state index in [1.807, 2.05) is 32.9 Å². The average molecular weight is 608 g/mol. The number of nitro benzene ring substituents is 1. The van der Waals surface area contributed by atoms with Crippen molar-refractivity contribution in [1.29, 1.82) is 0 Å². The summed E-state index contributed by atoms with van der Waals surface area (Å²) in [5.41, 5.74) is 3.41. The molecule has 1 heterocycles. The molecule has 42 heavy (non-hydrogen) atoms. The van der Waals surface area contributed by atoms with Crippen molar-refractivity contribution in [3.8, 4) is 28.4 Å². The minimum absolute atomic E-state index is 0.0320. The molecule has 0 bridgehead atoms. The molecule has 9 nitrogen and oxygen atoms in total. The van der Waals surface area contributed by atoms with Crippen LogP contribution in [0.5, 0.6) is 17.2 Å². The second-order valence-electron chi connectivity index (χ2n) is 10.1. The number of nitro groups is 1. The fourth-order valence-corrected chi connectivity index (χ4v) is 4.72. The number of carbonyl (C=O) groups is 1. The van der Waals surface area contributed by atoms with Crippen LogP contribution in [0, 0.1) is 17.0 Å². The SMILES string of the molecule is COc1cc(O)ccc1-c1ccc2c(c1COc1cc([N+](=O)[O-])ccc1C)N(C)C(=O)C(C)(C)N2.FC(F)(F)CCS. The highest BCUT2D eigenvalue weighted by molar-refractivity contribution is 7.80. The Morgan fingerprint density at radius 1 is 1.10 bits per heavy atom. The Morgan fingerprint density at radius 3 is 2.33 bits per heavy atom. The van der Waals surface area contributed by atoms with E-state index in [0.29, 0.717) is 28.3 Å². The van der Waals surface area contributed by atoms with Gasteiger partial charge in [-0.3, -0.25) is 14.9 Å². The Bertz CT molecular complexity index is 1480. The number of aromatic hydroxyl groups is 1. The highest BCUT2D eigenvalue weighted by atomic mass is 32.1. The van der Waals surface area contributed by atoms with Crippen molar-refractivity contribution >= 4 is 35.6 Å². The van der Waals surface area contributed by atoms with Gasteiger partial charge in [-0.2, -0.15) is 25.8 Å². The number of hydrogen-bond donors (Lipinski definition) is 3. The molecule has 1 amide bonds. The van der Waals surface area contributed by atoms with Crippen LogP contribution in [0.2, 0.25) is 0 Å². The summed E-state index contributed by atoms with van der Waals surface area (Å²) in [6, 6.07) is 13.1. The van der Waals surface area contributed by atoms with Gasteiger partial charge in [0.25, 0.3) is 11.6 Å². The van der Waals surface area contributed by atoms with Crippen molar-refractivity contribution in [2.24, 2.45) is 0 Å². The maximum absolute atomic E-state index is 13.1. The van der Waals surface area contributed by atoms with E-state index >= 15 is 0 Å². The van der Waals surface area contributed by atoms with E-state index < -0.39 is 23.1 Å².